The molecule has 3 heterocycles. The Hall–Kier alpha value is -2.85. The summed E-state index contributed by atoms with van der Waals surface area (Å²) in [6, 6.07) is 4.51. The zero-order chi connectivity index (χ0) is 29.0. The Balaban J connectivity index is 1.30. The van der Waals surface area contributed by atoms with Gasteiger partial charge in [0.25, 0.3) is 0 Å². The van der Waals surface area contributed by atoms with Gasteiger partial charge in [0.1, 0.15) is 12.5 Å². The third kappa shape index (κ3) is 9.33. The summed E-state index contributed by atoms with van der Waals surface area (Å²) < 4.78 is 1.28. The summed E-state index contributed by atoms with van der Waals surface area (Å²) in [5, 5.41) is 8.05. The predicted octanol–water partition coefficient (Wildman–Crippen LogP) is 4.54. The number of nitrogens with zero attached hydrogens (tertiary/aromatic N) is 4. The number of aliphatic imine (C=N–C) groups is 2. The third-order valence-electron chi connectivity index (χ3n) is 7.60. The normalized spacial score (nSPS) is 20.6. The van der Waals surface area contributed by atoms with Crippen molar-refractivity contribution in [3.8, 4) is 0 Å². The highest BCUT2D eigenvalue weighted by Crippen LogP contribution is 2.26. The fourth-order valence-electron chi connectivity index (χ4n) is 5.35. The molecule has 2 aliphatic rings. The molecule has 0 spiro atoms. The molecule has 0 fully saturated rings. The minimum atomic E-state index is 0.181. The van der Waals surface area contributed by atoms with E-state index >= 15 is 0 Å². The van der Waals surface area contributed by atoms with Gasteiger partial charge in [0, 0.05) is 30.1 Å². The number of thiophene rings is 1. The van der Waals surface area contributed by atoms with E-state index in [4.69, 9.17) is 4.99 Å². The molecule has 41 heavy (non-hydrogen) atoms. The molecule has 220 valence electrons. The van der Waals surface area contributed by atoms with Crippen molar-refractivity contribution in [3.05, 3.63) is 73.4 Å². The van der Waals surface area contributed by atoms with Gasteiger partial charge in [-0.1, -0.05) is 37.3 Å². The molecular formula is C32H45N7S2. The van der Waals surface area contributed by atoms with Crippen molar-refractivity contribution in [1.29, 1.82) is 0 Å². The molecule has 0 aromatic carbocycles. The number of aryl methyl sites for hydroxylation is 1. The van der Waals surface area contributed by atoms with Crippen LogP contribution >= 0.6 is 22.7 Å². The first-order valence-electron chi connectivity index (χ1n) is 14.5. The molecule has 0 amide bonds. The third-order valence-corrected chi connectivity index (χ3v) is 9.44. The highest BCUT2D eigenvalue weighted by Gasteiger charge is 2.25. The summed E-state index contributed by atoms with van der Waals surface area (Å²) >= 11 is 3.60. The number of amidine groups is 1. The molecule has 0 saturated heterocycles. The SMILES string of the molecule is C=CC(CN/C(=N\CN=C)[C@@H](C)CCCN(C)Cc1cccs1)CC1=CNNC1/C1=C/CC=c2nc(C)s/c2=C/C1. The number of nitrogens with one attached hydrogen (secondary N) is 3. The lowest BCUT2D eigenvalue weighted by atomic mass is 9.89. The van der Waals surface area contributed by atoms with Gasteiger partial charge >= 0.3 is 0 Å². The van der Waals surface area contributed by atoms with Crippen LogP contribution < -0.4 is 26.0 Å². The fraction of sp³-hybridized carbons (Fsp3) is 0.469. The Morgan fingerprint density at radius 1 is 1.34 bits per heavy atom. The highest BCUT2D eigenvalue weighted by molar-refractivity contribution is 7.10. The molecule has 4 rings (SSSR count). The molecule has 1 aliphatic carbocycles. The van der Waals surface area contributed by atoms with Crippen molar-refractivity contribution >= 4 is 47.4 Å². The summed E-state index contributed by atoms with van der Waals surface area (Å²) in [4.78, 5) is 17.2. The van der Waals surface area contributed by atoms with Gasteiger partial charge < -0.3 is 15.6 Å². The first kappa shape index (κ1) is 31.1. The minimum Gasteiger partial charge on any atom is -0.373 e. The number of rotatable bonds is 15. The number of aromatic nitrogens is 1. The van der Waals surface area contributed by atoms with Gasteiger partial charge in [-0.05, 0) is 87.8 Å². The molecule has 2 unspecified atom stereocenters. The standard InChI is InChI=1S/C32H45N7S2/c1-6-25(18-27-20-36-38-31(27)26-11-7-13-29-30(15-14-26)41-24(3)37-29)19-34-32(35-22-33-4)23(2)10-8-16-39(5)21-28-12-9-17-40-28/h6,9,11-13,15,17,20,23,25,31,36,38H,1,4,7-8,10,14,16,18-19,21-22H2,2-3,5H3,(H,34,35)/b26-11+,29-13?,30-15+/t23-,25?,31?/m0/s1. The van der Waals surface area contributed by atoms with Gasteiger partial charge in [0.15, 0.2) is 0 Å². The second-order valence-corrected chi connectivity index (χ2v) is 13.2. The molecule has 2 aromatic rings. The van der Waals surface area contributed by atoms with Crippen molar-refractivity contribution in [2.45, 2.75) is 58.5 Å². The van der Waals surface area contributed by atoms with Crippen molar-refractivity contribution < 1.29 is 0 Å². The summed E-state index contributed by atoms with van der Waals surface area (Å²) in [5.74, 6) is 1.62. The molecule has 1 aliphatic heterocycles. The van der Waals surface area contributed by atoms with Crippen LogP contribution in [0.4, 0.5) is 0 Å². The van der Waals surface area contributed by atoms with Crippen molar-refractivity contribution in [1.82, 2.24) is 26.1 Å². The Morgan fingerprint density at radius 2 is 2.22 bits per heavy atom. The summed E-state index contributed by atoms with van der Waals surface area (Å²) in [6.45, 7) is 15.4. The van der Waals surface area contributed by atoms with E-state index in [1.807, 2.05) is 11.3 Å². The van der Waals surface area contributed by atoms with Crippen molar-refractivity contribution in [2.75, 3.05) is 26.8 Å². The topological polar surface area (TPSA) is 76.9 Å². The number of thiazole rings is 1. The lowest BCUT2D eigenvalue weighted by molar-refractivity contribution is 0.317. The van der Waals surface area contributed by atoms with Crippen LogP contribution in [0.15, 0.2) is 63.6 Å². The molecule has 0 bridgehead atoms. The second kappa shape index (κ2) is 16.0. The number of hydrogen-bond acceptors (Lipinski definition) is 8. The van der Waals surface area contributed by atoms with E-state index in [1.165, 1.54) is 20.6 Å². The van der Waals surface area contributed by atoms with Crippen LogP contribution in [-0.2, 0) is 6.54 Å². The van der Waals surface area contributed by atoms with Gasteiger partial charge in [-0.25, -0.2) is 15.4 Å². The van der Waals surface area contributed by atoms with Crippen LogP contribution in [0.5, 0.6) is 0 Å². The Morgan fingerprint density at radius 3 is 3.00 bits per heavy atom. The maximum absolute atomic E-state index is 4.74. The van der Waals surface area contributed by atoms with Gasteiger partial charge in [-0.2, -0.15) is 0 Å². The largest absolute Gasteiger partial charge is 0.373 e. The zero-order valence-electron chi connectivity index (χ0n) is 24.7. The first-order chi connectivity index (χ1) is 20.0. The molecule has 2 aromatic heterocycles. The smallest absolute Gasteiger partial charge is 0.130 e. The summed E-state index contributed by atoms with van der Waals surface area (Å²) in [5.41, 5.74) is 9.50. The van der Waals surface area contributed by atoms with Crippen molar-refractivity contribution in [2.24, 2.45) is 21.8 Å². The molecular weight excluding hydrogens is 547 g/mol. The van der Waals surface area contributed by atoms with Gasteiger partial charge in [0.2, 0.25) is 0 Å². The van der Waals surface area contributed by atoms with Gasteiger partial charge in [0.05, 0.1) is 20.9 Å². The van der Waals surface area contributed by atoms with E-state index in [2.05, 4.69) is 113 Å². The highest BCUT2D eigenvalue weighted by atomic mass is 32.1. The molecule has 0 saturated carbocycles. The summed E-state index contributed by atoms with van der Waals surface area (Å²) in [6.07, 6.45) is 16.0. The lowest BCUT2D eigenvalue weighted by Gasteiger charge is -2.23. The van der Waals surface area contributed by atoms with E-state index in [-0.39, 0.29) is 12.0 Å². The van der Waals surface area contributed by atoms with E-state index in [9.17, 15) is 0 Å². The van der Waals surface area contributed by atoms with Gasteiger partial charge in [-0.3, -0.25) is 4.99 Å². The van der Waals surface area contributed by atoms with Crippen LogP contribution in [0.1, 0.15) is 48.9 Å². The maximum Gasteiger partial charge on any atom is 0.130 e. The average molecular weight is 592 g/mol. The molecule has 3 atom stereocenters. The molecule has 0 radical (unpaired) electrons. The molecule has 3 N–H and O–H groups in total. The number of allylic oxidation sites excluding steroid dienone is 1. The molecule has 9 heteroatoms. The van der Waals surface area contributed by atoms with Crippen LogP contribution in [-0.4, -0.2) is 55.3 Å². The van der Waals surface area contributed by atoms with Gasteiger partial charge in [-0.15, -0.1) is 29.3 Å². The minimum absolute atomic E-state index is 0.181. The first-order valence-corrected chi connectivity index (χ1v) is 16.2. The van der Waals surface area contributed by atoms with Crippen LogP contribution in [0, 0.1) is 18.8 Å². The quantitative estimate of drug-likeness (QED) is 0.161. The average Bonchev–Trinajstić information content (AvgIpc) is 3.70. The monoisotopic (exact) mass is 591 g/mol. The summed E-state index contributed by atoms with van der Waals surface area (Å²) in [7, 11) is 2.20. The van der Waals surface area contributed by atoms with Crippen molar-refractivity contribution in [3.63, 3.8) is 0 Å². The number of hydrogen-bond donors (Lipinski definition) is 3. The van der Waals surface area contributed by atoms with E-state index in [0.717, 1.165) is 67.9 Å². The zero-order valence-corrected chi connectivity index (χ0v) is 26.4. The predicted molar refractivity (Wildman–Crippen MR) is 178 cm³/mol. The fourth-order valence-corrected chi connectivity index (χ4v) is 6.99. The van der Waals surface area contributed by atoms with E-state index < -0.39 is 0 Å². The van der Waals surface area contributed by atoms with Crippen LogP contribution in [0.3, 0.4) is 0 Å². The Labute approximate surface area is 253 Å². The Bertz CT molecular complexity index is 1350. The number of hydrazine groups is 1. The van der Waals surface area contributed by atoms with E-state index in [0.29, 0.717) is 12.6 Å². The Kier molecular flexibility index (Phi) is 12.1. The second-order valence-electron chi connectivity index (χ2n) is 10.9. The van der Waals surface area contributed by atoms with Crippen LogP contribution in [0.25, 0.3) is 12.2 Å². The molecule has 7 nitrogen and oxygen atoms in total. The van der Waals surface area contributed by atoms with E-state index in [1.54, 1.807) is 11.3 Å². The lowest BCUT2D eigenvalue weighted by Crippen LogP contribution is -2.36. The maximum atomic E-state index is 4.74. The number of fused-ring (bicyclic) bond motifs is 1. The van der Waals surface area contributed by atoms with Crippen LogP contribution in [0.2, 0.25) is 0 Å².